The van der Waals surface area contributed by atoms with E-state index in [1.54, 1.807) is 0 Å². The number of rotatable bonds is 9. The van der Waals surface area contributed by atoms with Crippen molar-refractivity contribution in [3.8, 4) is 0 Å². The lowest BCUT2D eigenvalue weighted by molar-refractivity contribution is 0.601. The van der Waals surface area contributed by atoms with Gasteiger partial charge in [0, 0.05) is 11.4 Å². The lowest BCUT2D eigenvalue weighted by Gasteiger charge is -2.00. The van der Waals surface area contributed by atoms with Gasteiger partial charge in [-0.05, 0) is 24.6 Å². The molecule has 1 aromatic heterocycles. The van der Waals surface area contributed by atoms with Crippen LogP contribution in [0.25, 0.3) is 10.2 Å². The number of unbranched alkanes of at least 4 members (excludes halogenated alkanes) is 6. The Morgan fingerprint density at radius 3 is 2.62 bits per heavy atom. The number of nitrogens with zero attached hydrogens (tertiary/aromatic N) is 1. The molecule has 0 aliphatic heterocycles. The quantitative estimate of drug-likeness (QED) is 0.535. The molecule has 1 aromatic carbocycles. The fourth-order valence-electron chi connectivity index (χ4n) is 2.30. The van der Waals surface area contributed by atoms with Crippen LogP contribution in [0.1, 0.15) is 51.9 Å². The van der Waals surface area contributed by atoms with Crippen molar-refractivity contribution in [2.45, 2.75) is 56.2 Å². The normalized spacial score (nSPS) is 12.8. The Kier molecular flexibility index (Phi) is 6.64. The Morgan fingerprint density at radius 2 is 1.86 bits per heavy atom. The van der Waals surface area contributed by atoms with E-state index in [1.807, 2.05) is 18.2 Å². The van der Waals surface area contributed by atoms with Crippen molar-refractivity contribution in [1.82, 2.24) is 4.98 Å². The minimum atomic E-state index is -0.965. The zero-order valence-corrected chi connectivity index (χ0v) is 14.3. The summed E-state index contributed by atoms with van der Waals surface area (Å²) in [6.07, 6.45) is 8.71. The number of nitrogens with two attached hydrogens (primary N) is 1. The molecule has 5 heteroatoms. The summed E-state index contributed by atoms with van der Waals surface area (Å²) >= 11 is 1.50. The summed E-state index contributed by atoms with van der Waals surface area (Å²) in [5.74, 6) is 0.725. The molecule has 0 bridgehead atoms. The molecule has 2 aromatic rings. The van der Waals surface area contributed by atoms with Crippen LogP contribution in [0, 0.1) is 0 Å². The first-order chi connectivity index (χ1) is 10.2. The molecular formula is C16H24N2OS2. The highest BCUT2D eigenvalue weighted by atomic mass is 32.2. The monoisotopic (exact) mass is 324 g/mol. The van der Waals surface area contributed by atoms with Gasteiger partial charge in [0.2, 0.25) is 0 Å². The molecule has 0 spiro atoms. The second-order valence-corrected chi connectivity index (χ2v) is 8.15. The number of benzene rings is 1. The van der Waals surface area contributed by atoms with E-state index in [-0.39, 0.29) is 0 Å². The number of hydrogen-bond donors (Lipinski definition) is 1. The molecular weight excluding hydrogens is 300 g/mol. The number of fused-ring (bicyclic) bond motifs is 1. The average Bonchev–Trinajstić information content (AvgIpc) is 2.89. The third-order valence-corrected chi connectivity index (χ3v) is 6.28. The molecule has 0 aliphatic rings. The van der Waals surface area contributed by atoms with E-state index in [9.17, 15) is 4.21 Å². The molecule has 1 atom stereocenters. The Bertz CT molecular complexity index is 595. The van der Waals surface area contributed by atoms with Gasteiger partial charge in [0.1, 0.15) is 0 Å². The number of anilines is 1. The minimum Gasteiger partial charge on any atom is -0.399 e. The van der Waals surface area contributed by atoms with E-state index < -0.39 is 10.8 Å². The summed E-state index contributed by atoms with van der Waals surface area (Å²) in [6.45, 7) is 2.23. The third kappa shape index (κ3) is 5.08. The van der Waals surface area contributed by atoms with Gasteiger partial charge in [-0.1, -0.05) is 45.4 Å². The van der Waals surface area contributed by atoms with Crippen LogP contribution in [0.5, 0.6) is 0 Å². The minimum absolute atomic E-state index is 0.725. The zero-order chi connectivity index (χ0) is 15.1. The van der Waals surface area contributed by atoms with E-state index in [1.165, 1.54) is 49.9 Å². The van der Waals surface area contributed by atoms with E-state index in [4.69, 9.17) is 5.73 Å². The number of hydrogen-bond acceptors (Lipinski definition) is 4. The van der Waals surface area contributed by atoms with E-state index in [0.717, 1.165) is 32.4 Å². The van der Waals surface area contributed by atoms with Crippen molar-refractivity contribution < 1.29 is 4.21 Å². The second-order valence-electron chi connectivity index (χ2n) is 5.38. The summed E-state index contributed by atoms with van der Waals surface area (Å²) in [6, 6.07) is 5.64. The maximum atomic E-state index is 12.3. The van der Waals surface area contributed by atoms with Crippen molar-refractivity contribution in [3.05, 3.63) is 18.2 Å². The third-order valence-electron chi connectivity index (χ3n) is 3.52. The second kappa shape index (κ2) is 8.49. The molecule has 21 heavy (non-hydrogen) atoms. The first-order valence-electron chi connectivity index (χ1n) is 7.75. The molecule has 0 fully saturated rings. The maximum absolute atomic E-state index is 12.3. The van der Waals surface area contributed by atoms with Crippen LogP contribution in [0.2, 0.25) is 0 Å². The van der Waals surface area contributed by atoms with Crippen LogP contribution in [0.15, 0.2) is 22.5 Å². The van der Waals surface area contributed by atoms with Gasteiger partial charge < -0.3 is 5.73 Å². The van der Waals surface area contributed by atoms with E-state index in [2.05, 4.69) is 11.9 Å². The van der Waals surface area contributed by atoms with Crippen LogP contribution in [-0.4, -0.2) is 14.9 Å². The molecule has 1 unspecified atom stereocenters. The van der Waals surface area contributed by atoms with Crippen molar-refractivity contribution >= 4 is 38.0 Å². The summed E-state index contributed by atoms with van der Waals surface area (Å²) in [7, 11) is -0.965. The fraction of sp³-hybridized carbons (Fsp3) is 0.562. The van der Waals surface area contributed by atoms with Crippen molar-refractivity contribution in [2.75, 3.05) is 11.5 Å². The lowest BCUT2D eigenvalue weighted by atomic mass is 10.1. The highest BCUT2D eigenvalue weighted by molar-refractivity contribution is 7.87. The van der Waals surface area contributed by atoms with Gasteiger partial charge in [-0.2, -0.15) is 0 Å². The highest BCUT2D eigenvalue weighted by Gasteiger charge is 2.10. The molecule has 1 heterocycles. The Balaban J connectivity index is 1.77. The van der Waals surface area contributed by atoms with Crippen molar-refractivity contribution in [1.29, 1.82) is 0 Å². The van der Waals surface area contributed by atoms with Gasteiger partial charge in [-0.3, -0.25) is 4.21 Å². The molecule has 2 rings (SSSR count). The zero-order valence-electron chi connectivity index (χ0n) is 12.6. The Hall–Kier alpha value is -0.940. The first kappa shape index (κ1) is 16.4. The van der Waals surface area contributed by atoms with Gasteiger partial charge in [-0.15, -0.1) is 11.3 Å². The van der Waals surface area contributed by atoms with Gasteiger partial charge in [0.15, 0.2) is 4.34 Å². The molecule has 0 amide bonds. The van der Waals surface area contributed by atoms with Crippen molar-refractivity contribution in [3.63, 3.8) is 0 Å². The molecule has 0 saturated heterocycles. The molecule has 0 radical (unpaired) electrons. The predicted octanol–water partition coefficient (Wildman–Crippen LogP) is 4.74. The van der Waals surface area contributed by atoms with Crippen LogP contribution < -0.4 is 5.73 Å². The largest absolute Gasteiger partial charge is 0.399 e. The van der Waals surface area contributed by atoms with Crippen LogP contribution in [0.3, 0.4) is 0 Å². The lowest BCUT2D eigenvalue weighted by Crippen LogP contribution is -1.97. The Morgan fingerprint density at radius 1 is 1.14 bits per heavy atom. The Labute approximate surface area is 133 Å². The van der Waals surface area contributed by atoms with E-state index >= 15 is 0 Å². The highest BCUT2D eigenvalue weighted by Crippen LogP contribution is 2.26. The SMILES string of the molecule is CCCCCCCCCS(=O)c1nc2ccc(N)cc2s1. The van der Waals surface area contributed by atoms with Crippen LogP contribution in [0.4, 0.5) is 5.69 Å². The van der Waals surface area contributed by atoms with Gasteiger partial charge in [0.05, 0.1) is 21.0 Å². The van der Waals surface area contributed by atoms with E-state index in [0.29, 0.717) is 0 Å². The first-order valence-corrected chi connectivity index (χ1v) is 9.88. The van der Waals surface area contributed by atoms with Crippen LogP contribution >= 0.6 is 11.3 Å². The average molecular weight is 325 g/mol. The standard InChI is InChI=1S/C16H24N2OS2/c1-2-3-4-5-6-7-8-11-21(19)16-18-14-10-9-13(17)12-15(14)20-16/h9-10,12H,2-8,11,17H2,1H3. The van der Waals surface area contributed by atoms with Gasteiger partial charge >= 0.3 is 0 Å². The maximum Gasteiger partial charge on any atom is 0.181 e. The van der Waals surface area contributed by atoms with Gasteiger partial charge in [0.25, 0.3) is 0 Å². The smallest absolute Gasteiger partial charge is 0.181 e. The molecule has 0 saturated carbocycles. The molecule has 3 nitrogen and oxygen atoms in total. The molecule has 116 valence electrons. The predicted molar refractivity (Wildman–Crippen MR) is 93.3 cm³/mol. The summed E-state index contributed by atoms with van der Waals surface area (Å²) in [5.41, 5.74) is 7.39. The summed E-state index contributed by atoms with van der Waals surface area (Å²) in [4.78, 5) is 4.46. The topological polar surface area (TPSA) is 56.0 Å². The number of thiazole rings is 1. The van der Waals surface area contributed by atoms with Gasteiger partial charge in [-0.25, -0.2) is 4.98 Å². The summed E-state index contributed by atoms with van der Waals surface area (Å²) in [5, 5.41) is 0. The number of aromatic nitrogens is 1. The molecule has 0 aliphatic carbocycles. The fourth-order valence-corrected chi connectivity index (χ4v) is 4.77. The number of nitrogen functional groups attached to an aromatic ring is 1. The molecule has 2 N–H and O–H groups in total. The van der Waals surface area contributed by atoms with Crippen LogP contribution in [-0.2, 0) is 10.8 Å². The van der Waals surface area contributed by atoms with Crippen molar-refractivity contribution in [2.24, 2.45) is 0 Å². The summed E-state index contributed by atoms with van der Waals surface area (Å²) < 4.78 is 14.0.